The molecule has 0 bridgehead atoms. The van der Waals surface area contributed by atoms with E-state index in [4.69, 9.17) is 9.47 Å². The fourth-order valence-corrected chi connectivity index (χ4v) is 5.13. The Morgan fingerprint density at radius 1 is 0.881 bits per heavy atom. The second kappa shape index (κ2) is 15.0. The van der Waals surface area contributed by atoms with Gasteiger partial charge in [0, 0.05) is 18.6 Å². The molecule has 0 spiro atoms. The third-order valence-corrected chi connectivity index (χ3v) is 7.19. The van der Waals surface area contributed by atoms with E-state index in [1.165, 1.54) is 0 Å². The maximum absolute atomic E-state index is 13.4. The summed E-state index contributed by atoms with van der Waals surface area (Å²) in [6, 6.07) is 28.0. The second-order valence-electron chi connectivity index (χ2n) is 11.9. The van der Waals surface area contributed by atoms with E-state index in [-0.39, 0.29) is 25.2 Å². The summed E-state index contributed by atoms with van der Waals surface area (Å²) in [5.74, 6) is -0.102. The quantitative estimate of drug-likeness (QED) is 0.296. The molecule has 4 rings (SSSR count). The summed E-state index contributed by atoms with van der Waals surface area (Å²) in [4.78, 5) is 28.1. The van der Waals surface area contributed by atoms with Gasteiger partial charge in [-0.15, -0.1) is 0 Å². The fraction of sp³-hybridized carbons (Fsp3) is 0.412. The maximum Gasteiger partial charge on any atom is 0.407 e. The smallest absolute Gasteiger partial charge is 0.407 e. The number of nitrogens with one attached hydrogen (secondary N) is 2. The van der Waals surface area contributed by atoms with E-state index in [0.717, 1.165) is 16.7 Å². The number of nitrogens with zero attached hydrogens (tertiary/aromatic N) is 1. The van der Waals surface area contributed by atoms with Gasteiger partial charge in [-0.25, -0.2) is 4.79 Å². The topological polar surface area (TPSA) is 100 Å². The van der Waals surface area contributed by atoms with Gasteiger partial charge < -0.3 is 25.2 Å². The molecule has 3 aromatic rings. The largest absolute Gasteiger partial charge is 0.445 e. The number of aliphatic hydroxyl groups excluding tert-OH is 1. The minimum absolute atomic E-state index is 0.102. The fourth-order valence-electron chi connectivity index (χ4n) is 5.13. The summed E-state index contributed by atoms with van der Waals surface area (Å²) < 4.78 is 11.7. The highest BCUT2D eigenvalue weighted by Gasteiger charge is 2.40. The lowest BCUT2D eigenvalue weighted by Crippen LogP contribution is -2.54. The van der Waals surface area contributed by atoms with Crippen LogP contribution >= 0.6 is 0 Å². The van der Waals surface area contributed by atoms with Crippen LogP contribution in [0.4, 0.5) is 4.79 Å². The van der Waals surface area contributed by atoms with Crippen molar-refractivity contribution >= 4 is 12.0 Å². The Hall–Kier alpha value is -3.72. The van der Waals surface area contributed by atoms with E-state index in [2.05, 4.69) is 10.6 Å². The van der Waals surface area contributed by atoms with Crippen LogP contribution in [0.15, 0.2) is 91.0 Å². The van der Waals surface area contributed by atoms with Crippen LogP contribution in [0.5, 0.6) is 0 Å². The van der Waals surface area contributed by atoms with Crippen molar-refractivity contribution in [3.63, 3.8) is 0 Å². The molecule has 1 heterocycles. The highest BCUT2D eigenvalue weighted by Crippen LogP contribution is 2.24. The van der Waals surface area contributed by atoms with Crippen LogP contribution in [-0.4, -0.2) is 64.9 Å². The number of amides is 2. The molecule has 1 aliphatic heterocycles. The number of likely N-dealkylation sites (tertiary alicyclic amines) is 1. The summed E-state index contributed by atoms with van der Waals surface area (Å²) in [5, 5.41) is 17.5. The molecule has 4 atom stereocenters. The molecule has 3 aromatic carbocycles. The van der Waals surface area contributed by atoms with Gasteiger partial charge in [0.25, 0.3) is 0 Å². The van der Waals surface area contributed by atoms with Gasteiger partial charge in [-0.05, 0) is 50.3 Å². The van der Waals surface area contributed by atoms with Crippen molar-refractivity contribution in [2.45, 2.75) is 76.7 Å². The summed E-state index contributed by atoms with van der Waals surface area (Å²) in [7, 11) is 0. The second-order valence-corrected chi connectivity index (χ2v) is 11.9. The van der Waals surface area contributed by atoms with Crippen molar-refractivity contribution in [1.82, 2.24) is 15.5 Å². The van der Waals surface area contributed by atoms with E-state index >= 15 is 0 Å². The molecule has 0 unspecified atom stereocenters. The molecule has 0 aromatic heterocycles. The van der Waals surface area contributed by atoms with Crippen molar-refractivity contribution in [3.8, 4) is 0 Å². The molecule has 2 amide bonds. The van der Waals surface area contributed by atoms with Gasteiger partial charge in [0.05, 0.1) is 30.9 Å². The Balaban J connectivity index is 1.45. The molecule has 3 N–H and O–H groups in total. The first-order valence-corrected chi connectivity index (χ1v) is 14.6. The third-order valence-electron chi connectivity index (χ3n) is 7.19. The van der Waals surface area contributed by atoms with E-state index in [1.807, 2.05) is 117 Å². The number of aliphatic hydroxyl groups is 1. The van der Waals surface area contributed by atoms with Crippen LogP contribution in [0, 0.1) is 0 Å². The number of carbonyl (C=O) groups is 2. The molecule has 224 valence electrons. The first-order valence-electron chi connectivity index (χ1n) is 14.6. The average molecular weight is 574 g/mol. The molecular weight excluding hydrogens is 530 g/mol. The van der Waals surface area contributed by atoms with Crippen molar-refractivity contribution in [2.24, 2.45) is 0 Å². The van der Waals surface area contributed by atoms with Crippen LogP contribution in [0.25, 0.3) is 0 Å². The molecule has 1 aliphatic rings. The molecule has 42 heavy (non-hydrogen) atoms. The van der Waals surface area contributed by atoms with E-state index < -0.39 is 29.8 Å². The van der Waals surface area contributed by atoms with Crippen LogP contribution in [0.2, 0.25) is 0 Å². The van der Waals surface area contributed by atoms with E-state index in [0.29, 0.717) is 26.0 Å². The van der Waals surface area contributed by atoms with E-state index in [1.54, 1.807) is 0 Å². The van der Waals surface area contributed by atoms with Gasteiger partial charge in [-0.3, -0.25) is 9.69 Å². The highest BCUT2D eigenvalue weighted by molar-refractivity contribution is 5.82. The Labute approximate surface area is 249 Å². The zero-order valence-electron chi connectivity index (χ0n) is 24.7. The monoisotopic (exact) mass is 573 g/mol. The number of alkyl carbamates (subject to hydrolysis) is 1. The number of ether oxygens (including phenoxy) is 2. The minimum Gasteiger partial charge on any atom is -0.445 e. The molecule has 1 fully saturated rings. The zero-order valence-corrected chi connectivity index (χ0v) is 24.7. The van der Waals surface area contributed by atoms with Crippen molar-refractivity contribution in [3.05, 3.63) is 108 Å². The first kappa shape index (κ1) is 31.2. The highest BCUT2D eigenvalue weighted by atomic mass is 16.5. The summed E-state index contributed by atoms with van der Waals surface area (Å²) >= 11 is 0. The molecular formula is C34H43N3O5. The number of benzene rings is 3. The van der Waals surface area contributed by atoms with Crippen LogP contribution in [0.3, 0.4) is 0 Å². The van der Waals surface area contributed by atoms with Crippen LogP contribution in [-0.2, 0) is 33.9 Å². The minimum atomic E-state index is -0.965. The molecule has 0 radical (unpaired) electrons. The normalized spacial score (nSPS) is 18.7. The van der Waals surface area contributed by atoms with Crippen molar-refractivity contribution in [1.29, 1.82) is 0 Å². The van der Waals surface area contributed by atoms with Gasteiger partial charge >= 0.3 is 6.09 Å². The Morgan fingerprint density at radius 3 is 2.00 bits per heavy atom. The maximum atomic E-state index is 13.4. The summed E-state index contributed by atoms with van der Waals surface area (Å²) in [6.45, 7) is 7.09. The van der Waals surface area contributed by atoms with Crippen LogP contribution in [0.1, 0.15) is 43.9 Å². The molecule has 0 aliphatic carbocycles. The predicted molar refractivity (Wildman–Crippen MR) is 163 cm³/mol. The van der Waals surface area contributed by atoms with Crippen molar-refractivity contribution in [2.75, 3.05) is 13.1 Å². The van der Waals surface area contributed by atoms with Gasteiger partial charge in [-0.2, -0.15) is 0 Å². The van der Waals surface area contributed by atoms with Gasteiger partial charge in [0.2, 0.25) is 5.91 Å². The third kappa shape index (κ3) is 9.98. The van der Waals surface area contributed by atoms with Gasteiger partial charge in [0.15, 0.2) is 0 Å². The standard InChI is InChI=1S/C34H43N3O5/c1-34(2,3)36-32(39)30-20-28(41-23-26-15-9-5-10-16-26)21-37(30)22-31(38)29(19-25-13-7-4-8-14-25)35-33(40)42-24-27-17-11-6-12-18-27/h4-18,28-31,38H,19-24H2,1-3H3,(H,35,40)(H,36,39)/t28-,29-,30-,31+/m0/s1. The molecule has 8 heteroatoms. The number of β-amino-alcohol motifs (C(OH)–C–C–N with tert-alkyl or cyclic N) is 1. The molecule has 8 nitrogen and oxygen atoms in total. The zero-order chi connectivity index (χ0) is 30.0. The lowest BCUT2D eigenvalue weighted by molar-refractivity contribution is -0.127. The number of hydrogen-bond acceptors (Lipinski definition) is 6. The predicted octanol–water partition coefficient (Wildman–Crippen LogP) is 4.46. The van der Waals surface area contributed by atoms with Crippen LogP contribution < -0.4 is 10.6 Å². The molecule has 1 saturated heterocycles. The molecule has 0 saturated carbocycles. The number of rotatable bonds is 12. The van der Waals surface area contributed by atoms with E-state index in [9.17, 15) is 14.7 Å². The Morgan fingerprint density at radius 2 is 1.43 bits per heavy atom. The average Bonchev–Trinajstić information content (AvgIpc) is 3.38. The lowest BCUT2D eigenvalue weighted by atomic mass is 10.0. The lowest BCUT2D eigenvalue weighted by Gasteiger charge is -2.32. The van der Waals surface area contributed by atoms with Gasteiger partial charge in [-0.1, -0.05) is 91.0 Å². The number of carbonyl (C=O) groups excluding carboxylic acids is 2. The van der Waals surface area contributed by atoms with Gasteiger partial charge in [0.1, 0.15) is 6.61 Å². The van der Waals surface area contributed by atoms with Crippen molar-refractivity contribution < 1.29 is 24.2 Å². The Kier molecular flexibility index (Phi) is 11.1. The Bertz CT molecular complexity index is 1250. The SMILES string of the molecule is CC(C)(C)NC(=O)[C@@H]1C[C@H](OCc2ccccc2)CN1C[C@@H](O)[C@H](Cc1ccccc1)NC(=O)OCc1ccccc1. The summed E-state index contributed by atoms with van der Waals surface area (Å²) in [6.07, 6.45) is -0.830. The number of hydrogen-bond donors (Lipinski definition) is 3. The summed E-state index contributed by atoms with van der Waals surface area (Å²) in [5.41, 5.74) is 2.51. The first-order chi connectivity index (χ1) is 20.2.